The average molecular weight is 607 g/mol. The van der Waals surface area contributed by atoms with E-state index < -0.39 is 5.41 Å². The van der Waals surface area contributed by atoms with Gasteiger partial charge in [0.25, 0.3) is 0 Å². The number of hydrogen-bond donors (Lipinski definition) is 0. The number of rotatable bonds is 30. The molecule has 0 aromatic carbocycles. The minimum Gasteiger partial charge on any atom is -0.380 e. The number of ether oxygens (including phenoxy) is 2. The number of unbranched alkanes of at least 4 members (excludes halogenated alkanes) is 18. The van der Waals surface area contributed by atoms with Crippen molar-refractivity contribution in [3.05, 3.63) is 24.3 Å². The second kappa shape index (κ2) is 29.1. The van der Waals surface area contributed by atoms with Gasteiger partial charge in [0.1, 0.15) is 0 Å². The minimum atomic E-state index is -0.686. The van der Waals surface area contributed by atoms with Crippen LogP contribution >= 0.6 is 0 Å². The smallest absolute Gasteiger partial charge is 0.245 e. The molecule has 0 spiro atoms. The highest BCUT2D eigenvalue weighted by molar-refractivity contribution is 5.88. The van der Waals surface area contributed by atoms with E-state index in [-0.39, 0.29) is 11.8 Å². The molecule has 0 unspecified atom stereocenters. The molecule has 43 heavy (non-hydrogen) atoms. The molecule has 0 saturated heterocycles. The van der Waals surface area contributed by atoms with Crippen LogP contribution in [0, 0.1) is 5.41 Å². The van der Waals surface area contributed by atoms with Gasteiger partial charge in [-0.05, 0) is 12.8 Å². The van der Waals surface area contributed by atoms with E-state index in [2.05, 4.69) is 13.8 Å². The van der Waals surface area contributed by atoms with Gasteiger partial charge in [0, 0.05) is 53.6 Å². The van der Waals surface area contributed by atoms with E-state index in [1.54, 1.807) is 50.1 Å². The third-order valence-corrected chi connectivity index (χ3v) is 8.02. The van der Waals surface area contributed by atoms with Gasteiger partial charge in [0.15, 0.2) is 0 Å². The monoisotopic (exact) mass is 607 g/mol. The molecule has 0 rings (SSSR count). The number of amides is 2. The number of nitrogens with zero attached hydrogens (tertiary/aromatic N) is 2. The van der Waals surface area contributed by atoms with Crippen LogP contribution in [0.4, 0.5) is 0 Å². The molecule has 0 aliphatic heterocycles. The summed E-state index contributed by atoms with van der Waals surface area (Å²) in [5.41, 5.74) is -0.686. The van der Waals surface area contributed by atoms with E-state index in [0.29, 0.717) is 26.4 Å². The SMILES string of the molecule is CCCCCCCCCCCCOCC(/C=C/C(=O)N(C)C)(/C=C/C(=O)N(C)C)COCCCCCCCCCCCC. The van der Waals surface area contributed by atoms with E-state index in [1.807, 2.05) is 12.2 Å². The predicted octanol–water partition coefficient (Wildman–Crippen LogP) is 9.14. The normalized spacial score (nSPS) is 12.0. The molecule has 0 atom stereocenters. The molecule has 0 aromatic heterocycles. The lowest BCUT2D eigenvalue weighted by molar-refractivity contribution is -0.124. The van der Waals surface area contributed by atoms with E-state index in [0.717, 1.165) is 12.8 Å². The van der Waals surface area contributed by atoms with Gasteiger partial charge < -0.3 is 19.3 Å². The average Bonchev–Trinajstić information content (AvgIpc) is 2.99. The molecule has 6 nitrogen and oxygen atoms in total. The van der Waals surface area contributed by atoms with Crippen LogP contribution < -0.4 is 0 Å². The Morgan fingerprint density at radius 1 is 0.488 bits per heavy atom. The van der Waals surface area contributed by atoms with Crippen LogP contribution in [0.2, 0.25) is 0 Å². The topological polar surface area (TPSA) is 59.1 Å². The van der Waals surface area contributed by atoms with Crippen molar-refractivity contribution in [3.8, 4) is 0 Å². The van der Waals surface area contributed by atoms with Gasteiger partial charge in [-0.3, -0.25) is 9.59 Å². The third-order valence-electron chi connectivity index (χ3n) is 8.02. The van der Waals surface area contributed by atoms with Crippen molar-refractivity contribution in [2.75, 3.05) is 54.6 Å². The van der Waals surface area contributed by atoms with Crippen LogP contribution in [0.3, 0.4) is 0 Å². The summed E-state index contributed by atoms with van der Waals surface area (Å²) >= 11 is 0. The summed E-state index contributed by atoms with van der Waals surface area (Å²) < 4.78 is 12.4. The number of hydrogen-bond acceptors (Lipinski definition) is 4. The highest BCUT2D eigenvalue weighted by atomic mass is 16.5. The summed E-state index contributed by atoms with van der Waals surface area (Å²) in [6.07, 6.45) is 32.6. The van der Waals surface area contributed by atoms with E-state index >= 15 is 0 Å². The molecular weight excluding hydrogens is 536 g/mol. The van der Waals surface area contributed by atoms with Crippen molar-refractivity contribution in [3.63, 3.8) is 0 Å². The lowest BCUT2D eigenvalue weighted by Gasteiger charge is -2.28. The highest BCUT2D eigenvalue weighted by Gasteiger charge is 2.26. The van der Waals surface area contributed by atoms with Gasteiger partial charge in [-0.15, -0.1) is 0 Å². The maximum atomic E-state index is 12.4. The Balaban J connectivity index is 4.87. The zero-order chi connectivity index (χ0) is 32.0. The van der Waals surface area contributed by atoms with E-state index in [1.165, 1.54) is 116 Å². The maximum absolute atomic E-state index is 12.4. The van der Waals surface area contributed by atoms with Crippen LogP contribution in [0.1, 0.15) is 142 Å². The Kier molecular flexibility index (Phi) is 28.0. The van der Waals surface area contributed by atoms with Gasteiger partial charge in [0.2, 0.25) is 11.8 Å². The molecule has 0 aromatic rings. The molecule has 0 aliphatic carbocycles. The van der Waals surface area contributed by atoms with Gasteiger partial charge in [0.05, 0.1) is 18.6 Å². The third kappa shape index (κ3) is 25.4. The van der Waals surface area contributed by atoms with Crippen LogP contribution in [-0.2, 0) is 19.1 Å². The van der Waals surface area contributed by atoms with Gasteiger partial charge in [-0.1, -0.05) is 142 Å². The molecule has 0 N–H and O–H groups in total. The largest absolute Gasteiger partial charge is 0.380 e. The Labute approximate surface area is 267 Å². The number of likely N-dealkylation sites (N-methyl/N-ethyl adjacent to an activating group) is 2. The van der Waals surface area contributed by atoms with Crippen molar-refractivity contribution in [2.24, 2.45) is 5.41 Å². The lowest BCUT2D eigenvalue weighted by atomic mass is 9.88. The first-order chi connectivity index (χ1) is 20.8. The highest BCUT2D eigenvalue weighted by Crippen LogP contribution is 2.24. The Morgan fingerprint density at radius 3 is 1.05 bits per heavy atom. The Bertz CT molecular complexity index is 657. The molecule has 6 heteroatoms. The molecule has 0 radical (unpaired) electrons. The van der Waals surface area contributed by atoms with Crippen molar-refractivity contribution < 1.29 is 19.1 Å². The van der Waals surface area contributed by atoms with Crippen LogP contribution in [-0.4, -0.2) is 76.2 Å². The van der Waals surface area contributed by atoms with Crippen molar-refractivity contribution in [1.82, 2.24) is 9.80 Å². The zero-order valence-corrected chi connectivity index (χ0v) is 29.3. The minimum absolute atomic E-state index is 0.0962. The second-order valence-electron chi connectivity index (χ2n) is 12.8. The Hall–Kier alpha value is -1.66. The van der Waals surface area contributed by atoms with Gasteiger partial charge in [-0.25, -0.2) is 0 Å². The summed E-state index contributed by atoms with van der Waals surface area (Å²) in [6, 6.07) is 0. The lowest BCUT2D eigenvalue weighted by Crippen LogP contribution is -2.31. The number of carbonyl (C=O) groups excluding carboxylic acids is 2. The molecule has 0 aliphatic rings. The predicted molar refractivity (Wildman–Crippen MR) is 183 cm³/mol. The molecule has 0 fully saturated rings. The fourth-order valence-electron chi connectivity index (χ4n) is 4.97. The van der Waals surface area contributed by atoms with Gasteiger partial charge in [-0.2, -0.15) is 0 Å². The first-order valence-electron chi connectivity index (χ1n) is 17.7. The molecule has 2 amide bonds. The van der Waals surface area contributed by atoms with E-state index in [9.17, 15) is 9.59 Å². The molecule has 0 heterocycles. The zero-order valence-electron chi connectivity index (χ0n) is 29.3. The van der Waals surface area contributed by atoms with Crippen LogP contribution in [0.5, 0.6) is 0 Å². The van der Waals surface area contributed by atoms with Crippen LogP contribution in [0.25, 0.3) is 0 Å². The van der Waals surface area contributed by atoms with Crippen molar-refractivity contribution >= 4 is 11.8 Å². The van der Waals surface area contributed by atoms with Crippen molar-refractivity contribution in [1.29, 1.82) is 0 Å². The summed E-state index contributed by atoms with van der Waals surface area (Å²) in [5.74, 6) is -0.192. The fraction of sp³-hybridized carbons (Fsp3) is 0.838. The standard InChI is InChI=1S/C37H70N2O4/c1-7-9-11-13-15-17-19-21-23-25-31-42-33-37(29-27-35(40)38(3)4,30-28-36(41)39(5)6)34-43-32-26-24-22-20-18-16-14-12-10-8-2/h27-30H,7-26,31-34H2,1-6H3/b29-27+,30-28+. The summed E-state index contributed by atoms with van der Waals surface area (Å²) in [5, 5.41) is 0. The molecular formula is C37H70N2O4. The van der Waals surface area contributed by atoms with E-state index in [4.69, 9.17) is 9.47 Å². The quantitative estimate of drug-likeness (QED) is 0.0604. The summed E-state index contributed by atoms with van der Waals surface area (Å²) in [7, 11) is 6.96. The van der Waals surface area contributed by atoms with Gasteiger partial charge >= 0.3 is 0 Å². The second-order valence-corrected chi connectivity index (χ2v) is 12.8. The Morgan fingerprint density at radius 2 is 0.767 bits per heavy atom. The van der Waals surface area contributed by atoms with Crippen molar-refractivity contribution in [2.45, 2.75) is 142 Å². The summed E-state index contributed by atoms with van der Waals surface area (Å²) in [6.45, 7) is 6.60. The molecule has 252 valence electrons. The van der Waals surface area contributed by atoms with Crippen LogP contribution in [0.15, 0.2) is 24.3 Å². The fourth-order valence-corrected chi connectivity index (χ4v) is 4.97. The maximum Gasteiger partial charge on any atom is 0.245 e. The molecule has 0 bridgehead atoms. The number of carbonyl (C=O) groups is 2. The molecule has 0 saturated carbocycles. The first kappa shape index (κ1) is 41.3. The summed E-state index contributed by atoms with van der Waals surface area (Å²) in [4.78, 5) is 28.0. The first-order valence-corrected chi connectivity index (χ1v) is 17.7.